The lowest BCUT2D eigenvalue weighted by atomic mass is 10.1. The second-order valence-electron chi connectivity index (χ2n) is 6.45. The minimum absolute atomic E-state index is 0.0416. The molecule has 0 aliphatic rings. The molecule has 0 fully saturated rings. The van der Waals surface area contributed by atoms with Crippen LogP contribution in [0.5, 0.6) is 0 Å². The molecule has 1 aromatic carbocycles. The van der Waals surface area contributed by atoms with E-state index in [1.54, 1.807) is 18.5 Å². The lowest BCUT2D eigenvalue weighted by Crippen LogP contribution is -2.25. The Morgan fingerprint density at radius 3 is 2.59 bits per heavy atom. The summed E-state index contributed by atoms with van der Waals surface area (Å²) in [5.41, 5.74) is 7.21. The van der Waals surface area contributed by atoms with Crippen molar-refractivity contribution in [1.82, 2.24) is 24.1 Å². The molecule has 0 radical (unpaired) electrons. The number of imidazole rings is 1. The van der Waals surface area contributed by atoms with E-state index in [4.69, 9.17) is 5.73 Å². The Kier molecular flexibility index (Phi) is 5.67. The number of rotatable bonds is 7. The summed E-state index contributed by atoms with van der Waals surface area (Å²) in [4.78, 5) is 4.01. The molecule has 3 N–H and O–H groups in total. The van der Waals surface area contributed by atoms with E-state index in [1.165, 1.54) is 35.1 Å². The number of nitrogen functional groups attached to an aromatic ring is 1. The molecular weight excluding hydrogens is 397 g/mol. The molecule has 0 spiro atoms. The molecule has 0 saturated carbocycles. The molecule has 3 aromatic rings. The molecule has 0 atom stereocenters. The maximum atomic E-state index is 13.1. The summed E-state index contributed by atoms with van der Waals surface area (Å²) >= 11 is 0. The summed E-state index contributed by atoms with van der Waals surface area (Å²) in [6.45, 7) is 1.86. The SMILES string of the molecule is Cc1nc(S(=O)(=O)NCCCc2nn(-c3ccc(F)cc3)c(N)c2C#N)cn1C. The number of nitriles is 1. The van der Waals surface area contributed by atoms with Crippen molar-refractivity contribution in [3.63, 3.8) is 0 Å². The number of anilines is 1. The van der Waals surface area contributed by atoms with Crippen LogP contribution in [0.15, 0.2) is 35.5 Å². The van der Waals surface area contributed by atoms with Gasteiger partial charge < -0.3 is 10.3 Å². The highest BCUT2D eigenvalue weighted by Crippen LogP contribution is 2.21. The topological polar surface area (TPSA) is 132 Å². The first-order chi connectivity index (χ1) is 13.7. The van der Waals surface area contributed by atoms with Crippen LogP contribution in [0.2, 0.25) is 0 Å². The van der Waals surface area contributed by atoms with Gasteiger partial charge in [-0.15, -0.1) is 0 Å². The monoisotopic (exact) mass is 417 g/mol. The van der Waals surface area contributed by atoms with Crippen molar-refractivity contribution >= 4 is 15.8 Å². The lowest BCUT2D eigenvalue weighted by molar-refractivity contribution is 0.575. The first-order valence-electron chi connectivity index (χ1n) is 8.76. The van der Waals surface area contributed by atoms with Gasteiger partial charge in [-0.2, -0.15) is 10.4 Å². The highest BCUT2D eigenvalue weighted by molar-refractivity contribution is 7.89. The van der Waals surface area contributed by atoms with E-state index in [0.29, 0.717) is 30.0 Å². The predicted molar refractivity (Wildman–Crippen MR) is 104 cm³/mol. The van der Waals surface area contributed by atoms with Crippen LogP contribution in [0.1, 0.15) is 23.5 Å². The third kappa shape index (κ3) is 4.28. The Morgan fingerprint density at radius 1 is 1.31 bits per heavy atom. The van der Waals surface area contributed by atoms with Gasteiger partial charge in [-0.05, 0) is 44.0 Å². The summed E-state index contributed by atoms with van der Waals surface area (Å²) in [5.74, 6) is 0.347. The second kappa shape index (κ2) is 8.02. The first-order valence-corrected chi connectivity index (χ1v) is 10.2. The van der Waals surface area contributed by atoms with Crippen LogP contribution in [-0.4, -0.2) is 34.3 Å². The molecule has 0 aliphatic carbocycles. The summed E-state index contributed by atoms with van der Waals surface area (Å²) < 4.78 is 43.2. The van der Waals surface area contributed by atoms with Crippen LogP contribution in [0.3, 0.4) is 0 Å². The van der Waals surface area contributed by atoms with Gasteiger partial charge in [0.05, 0.1) is 11.4 Å². The quantitative estimate of drug-likeness (QED) is 0.559. The van der Waals surface area contributed by atoms with Gasteiger partial charge in [0.15, 0.2) is 5.03 Å². The number of nitrogens with one attached hydrogen (secondary N) is 1. The average Bonchev–Trinajstić information content (AvgIpc) is 3.19. The van der Waals surface area contributed by atoms with Gasteiger partial charge in [0.2, 0.25) is 0 Å². The molecule has 152 valence electrons. The maximum Gasteiger partial charge on any atom is 0.259 e. The van der Waals surface area contributed by atoms with Gasteiger partial charge in [0, 0.05) is 19.8 Å². The maximum absolute atomic E-state index is 13.1. The molecule has 2 aromatic heterocycles. The zero-order valence-electron chi connectivity index (χ0n) is 15.9. The summed E-state index contributed by atoms with van der Waals surface area (Å²) in [6, 6.07) is 7.58. The van der Waals surface area contributed by atoms with E-state index in [2.05, 4.69) is 14.8 Å². The van der Waals surface area contributed by atoms with Gasteiger partial charge in [0.1, 0.15) is 29.1 Å². The van der Waals surface area contributed by atoms with Gasteiger partial charge in [-0.1, -0.05) is 0 Å². The fourth-order valence-corrected chi connectivity index (χ4v) is 3.86. The van der Waals surface area contributed by atoms with Crippen molar-refractivity contribution in [3.8, 4) is 11.8 Å². The number of aromatic nitrogens is 4. The van der Waals surface area contributed by atoms with Crippen molar-refractivity contribution in [2.45, 2.75) is 24.8 Å². The molecule has 2 heterocycles. The normalized spacial score (nSPS) is 11.5. The lowest BCUT2D eigenvalue weighted by Gasteiger charge is -2.04. The van der Waals surface area contributed by atoms with E-state index in [9.17, 15) is 18.1 Å². The first kappa shape index (κ1) is 20.5. The van der Waals surface area contributed by atoms with E-state index in [1.807, 2.05) is 6.07 Å². The van der Waals surface area contributed by atoms with Gasteiger partial charge in [-0.3, -0.25) is 0 Å². The van der Waals surface area contributed by atoms with Crippen molar-refractivity contribution in [1.29, 1.82) is 5.26 Å². The highest BCUT2D eigenvalue weighted by atomic mass is 32.2. The highest BCUT2D eigenvalue weighted by Gasteiger charge is 2.19. The number of hydrogen-bond acceptors (Lipinski definition) is 6. The smallest absolute Gasteiger partial charge is 0.259 e. The van der Waals surface area contributed by atoms with Crippen LogP contribution < -0.4 is 10.5 Å². The van der Waals surface area contributed by atoms with Crippen LogP contribution >= 0.6 is 0 Å². The van der Waals surface area contributed by atoms with Crippen molar-refractivity contribution in [3.05, 3.63) is 53.4 Å². The van der Waals surface area contributed by atoms with Gasteiger partial charge >= 0.3 is 0 Å². The number of sulfonamides is 1. The Morgan fingerprint density at radius 2 is 2.00 bits per heavy atom. The van der Waals surface area contributed by atoms with E-state index >= 15 is 0 Å². The number of halogens is 1. The summed E-state index contributed by atoms with van der Waals surface area (Å²) in [7, 11) is -2.00. The average molecular weight is 417 g/mol. The second-order valence-corrected chi connectivity index (χ2v) is 8.16. The van der Waals surface area contributed by atoms with Gasteiger partial charge in [0.25, 0.3) is 10.0 Å². The molecule has 0 aliphatic heterocycles. The van der Waals surface area contributed by atoms with Crippen molar-refractivity contribution in [2.24, 2.45) is 7.05 Å². The molecule has 3 rings (SSSR count). The zero-order chi connectivity index (χ0) is 21.2. The van der Waals surface area contributed by atoms with Crippen LogP contribution in [0.4, 0.5) is 10.2 Å². The number of nitrogens with two attached hydrogens (primary N) is 1. The molecule has 9 nitrogen and oxygen atoms in total. The third-order valence-corrected chi connectivity index (χ3v) is 5.75. The Balaban J connectivity index is 1.69. The molecule has 0 amide bonds. The van der Waals surface area contributed by atoms with Crippen LogP contribution in [0.25, 0.3) is 5.69 Å². The minimum Gasteiger partial charge on any atom is -0.382 e. The Hall–Kier alpha value is -3.23. The van der Waals surface area contributed by atoms with Crippen LogP contribution in [-0.2, 0) is 23.5 Å². The van der Waals surface area contributed by atoms with Crippen molar-refractivity contribution in [2.75, 3.05) is 12.3 Å². The zero-order valence-corrected chi connectivity index (χ0v) is 16.7. The fourth-order valence-electron chi connectivity index (χ4n) is 2.75. The fraction of sp³-hybridized carbons (Fsp3) is 0.278. The van der Waals surface area contributed by atoms with E-state index in [0.717, 1.165) is 0 Å². The minimum atomic E-state index is -3.71. The number of benzene rings is 1. The number of aryl methyl sites for hydroxylation is 3. The largest absolute Gasteiger partial charge is 0.382 e. The molecule has 29 heavy (non-hydrogen) atoms. The molecule has 0 saturated heterocycles. The standard InChI is InChI=1S/C18H20FN7O2S/c1-12-23-17(11-25(12)2)29(27,28)22-9-3-4-16-15(10-20)18(21)26(24-16)14-7-5-13(19)6-8-14/h5-8,11,22H,3-4,9,21H2,1-2H3. The Labute approximate surface area is 167 Å². The number of hydrogen-bond donors (Lipinski definition) is 2. The molecular formula is C18H20FN7O2S. The van der Waals surface area contributed by atoms with Gasteiger partial charge in [-0.25, -0.2) is 27.2 Å². The molecule has 0 unspecified atom stereocenters. The van der Waals surface area contributed by atoms with E-state index < -0.39 is 15.8 Å². The summed E-state index contributed by atoms with van der Waals surface area (Å²) in [5, 5.41) is 13.7. The Bertz CT molecular complexity index is 1150. The van der Waals surface area contributed by atoms with Crippen LogP contribution in [0, 0.1) is 24.1 Å². The third-order valence-electron chi connectivity index (χ3n) is 4.42. The summed E-state index contributed by atoms with van der Waals surface area (Å²) in [6.07, 6.45) is 2.18. The molecule has 0 bridgehead atoms. The predicted octanol–water partition coefficient (Wildman–Crippen LogP) is 1.42. The molecule has 11 heteroatoms. The van der Waals surface area contributed by atoms with Crippen molar-refractivity contribution < 1.29 is 12.8 Å². The number of nitrogens with zero attached hydrogens (tertiary/aromatic N) is 5. The van der Waals surface area contributed by atoms with E-state index in [-0.39, 0.29) is 23.0 Å².